The summed E-state index contributed by atoms with van der Waals surface area (Å²) in [5.41, 5.74) is 0.209. The van der Waals surface area contributed by atoms with E-state index in [1.165, 1.54) is 24.3 Å². The van der Waals surface area contributed by atoms with Gasteiger partial charge >= 0.3 is 12.3 Å². The third-order valence-corrected chi connectivity index (χ3v) is 3.21. The lowest BCUT2D eigenvalue weighted by molar-refractivity contribution is -0.133. The van der Waals surface area contributed by atoms with E-state index in [9.17, 15) is 40.1 Å². The second-order valence-corrected chi connectivity index (χ2v) is 6.42. The minimum absolute atomic E-state index is 0.105. The van der Waals surface area contributed by atoms with Gasteiger partial charge in [-0.1, -0.05) is 16.5 Å². The molecule has 0 saturated carbocycles. The van der Waals surface area contributed by atoms with E-state index in [-0.39, 0.29) is 11.1 Å². The fraction of sp³-hybridized carbons (Fsp3) is 0.385. The van der Waals surface area contributed by atoms with Crippen LogP contribution in [0.15, 0.2) is 24.3 Å². The summed E-state index contributed by atoms with van der Waals surface area (Å²) >= 11 is 0. The topological polar surface area (TPSA) is 80.8 Å². The van der Waals surface area contributed by atoms with Crippen LogP contribution in [-0.4, -0.2) is 50.3 Å². The Kier molecular flexibility index (Phi) is 6.60. The Hall–Kier alpha value is -2.08. The van der Waals surface area contributed by atoms with Crippen LogP contribution in [0.5, 0.6) is 0 Å². The van der Waals surface area contributed by atoms with Crippen LogP contribution >= 0.6 is 0 Å². The van der Waals surface area contributed by atoms with Crippen molar-refractivity contribution in [3.05, 3.63) is 35.4 Å². The minimum Gasteiger partial charge on any atom is -0.274 e. The second kappa shape index (κ2) is 7.87. The SMILES string of the molecule is CS(=O)(=O)OF.O=C1c2ccccc2C(=O)N1CCC(F)(F)C(F)F. The molecule has 1 aromatic carbocycles. The van der Waals surface area contributed by atoms with Crippen molar-refractivity contribution in [1.82, 2.24) is 4.90 Å². The molecular weight excluding hydrogens is 377 g/mol. The predicted octanol–water partition coefficient (Wildman–Crippen LogP) is 2.42. The van der Waals surface area contributed by atoms with Crippen molar-refractivity contribution < 1.29 is 44.5 Å². The highest BCUT2D eigenvalue weighted by molar-refractivity contribution is 7.85. The van der Waals surface area contributed by atoms with E-state index in [0.29, 0.717) is 11.2 Å². The summed E-state index contributed by atoms with van der Waals surface area (Å²) in [4.78, 5) is 24.1. The van der Waals surface area contributed by atoms with Gasteiger partial charge in [0.05, 0.1) is 17.4 Å². The van der Waals surface area contributed by atoms with Crippen LogP contribution in [0.1, 0.15) is 27.1 Å². The first-order valence-corrected chi connectivity index (χ1v) is 8.33. The molecule has 0 bridgehead atoms. The lowest BCUT2D eigenvalue weighted by atomic mass is 10.1. The molecule has 0 aliphatic carbocycles. The van der Waals surface area contributed by atoms with E-state index in [2.05, 4.69) is 4.39 Å². The van der Waals surface area contributed by atoms with Crippen LogP contribution in [0.2, 0.25) is 0 Å². The summed E-state index contributed by atoms with van der Waals surface area (Å²) < 4.78 is 81.2. The first-order valence-electron chi connectivity index (χ1n) is 6.52. The number of alkyl halides is 4. The molecule has 0 unspecified atom stereocenters. The predicted molar refractivity (Wildman–Crippen MR) is 74.4 cm³/mol. The molecule has 0 atom stereocenters. The molecule has 12 heteroatoms. The highest BCUT2D eigenvalue weighted by Gasteiger charge is 2.43. The first-order chi connectivity index (χ1) is 11.4. The third kappa shape index (κ3) is 5.46. The van der Waals surface area contributed by atoms with Crippen molar-refractivity contribution >= 4 is 21.9 Å². The standard InChI is InChI=1S/C12H9F4NO2.CH3FO3S/c13-11(14)12(15,16)5-6-17-9(18)7-3-1-2-4-8(7)10(17)19;1-6(3,4)5-2/h1-4,11H,5-6H2;1H3. The molecule has 0 fully saturated rings. The summed E-state index contributed by atoms with van der Waals surface area (Å²) in [7, 11) is -3.83. The Morgan fingerprint density at radius 2 is 1.52 bits per heavy atom. The number of hydrogen-bond acceptors (Lipinski definition) is 5. The maximum Gasteiger partial charge on any atom is 0.309 e. The number of nitrogens with zero attached hydrogens (tertiary/aromatic N) is 1. The van der Waals surface area contributed by atoms with Gasteiger partial charge in [0, 0.05) is 13.0 Å². The maximum atomic E-state index is 12.8. The molecule has 1 aliphatic rings. The number of amides is 2. The van der Waals surface area contributed by atoms with Gasteiger partial charge in [0.2, 0.25) is 0 Å². The van der Waals surface area contributed by atoms with E-state index in [1.54, 1.807) is 0 Å². The van der Waals surface area contributed by atoms with Gasteiger partial charge in [-0.2, -0.15) is 8.42 Å². The van der Waals surface area contributed by atoms with Crippen molar-refractivity contribution in [1.29, 1.82) is 0 Å². The molecule has 0 spiro atoms. The van der Waals surface area contributed by atoms with Crippen LogP contribution in [0.3, 0.4) is 0 Å². The van der Waals surface area contributed by atoms with Crippen molar-refractivity contribution in [2.45, 2.75) is 18.8 Å². The number of rotatable bonds is 5. The molecule has 1 aliphatic heterocycles. The van der Waals surface area contributed by atoms with Crippen LogP contribution in [-0.2, 0) is 14.5 Å². The molecule has 2 rings (SSSR count). The van der Waals surface area contributed by atoms with Crippen molar-refractivity contribution in [3.63, 3.8) is 0 Å². The molecule has 2 amide bonds. The van der Waals surface area contributed by atoms with Gasteiger partial charge in [0.25, 0.3) is 21.9 Å². The lowest BCUT2D eigenvalue weighted by Gasteiger charge is -2.19. The number of carbonyl (C=O) groups is 2. The fourth-order valence-electron chi connectivity index (χ4n) is 1.81. The number of hydrogen-bond donors (Lipinski definition) is 0. The molecule has 0 radical (unpaired) electrons. The highest BCUT2D eigenvalue weighted by atomic mass is 32.2. The molecule has 1 heterocycles. The third-order valence-electron chi connectivity index (χ3n) is 2.98. The zero-order valence-electron chi connectivity index (χ0n) is 12.6. The molecule has 0 N–H and O–H groups in total. The normalized spacial score (nSPS) is 14.4. The Bertz CT molecular complexity index is 718. The van der Waals surface area contributed by atoms with Gasteiger partial charge in [-0.25, -0.2) is 17.6 Å². The molecule has 0 saturated heterocycles. The Morgan fingerprint density at radius 3 is 1.84 bits per heavy atom. The van der Waals surface area contributed by atoms with Gasteiger partial charge < -0.3 is 0 Å². The van der Waals surface area contributed by atoms with Gasteiger partial charge in [0.15, 0.2) is 0 Å². The van der Waals surface area contributed by atoms with Crippen molar-refractivity contribution in [2.24, 2.45) is 0 Å². The Balaban J connectivity index is 0.000000450. The van der Waals surface area contributed by atoms with E-state index >= 15 is 0 Å². The zero-order valence-corrected chi connectivity index (χ0v) is 13.4. The average Bonchev–Trinajstić information content (AvgIpc) is 2.77. The van der Waals surface area contributed by atoms with E-state index < -0.39 is 47.2 Å². The van der Waals surface area contributed by atoms with Gasteiger partial charge in [0.1, 0.15) is 0 Å². The van der Waals surface area contributed by atoms with Crippen LogP contribution < -0.4 is 0 Å². The molecule has 1 aromatic rings. The van der Waals surface area contributed by atoms with Crippen molar-refractivity contribution in [3.8, 4) is 0 Å². The number of imide groups is 1. The molecule has 6 nitrogen and oxygen atoms in total. The Morgan fingerprint density at radius 1 is 1.12 bits per heavy atom. The minimum atomic E-state index is -4.21. The van der Waals surface area contributed by atoms with Crippen LogP contribution in [0, 0.1) is 0 Å². The first kappa shape index (κ1) is 21.0. The molecule has 25 heavy (non-hydrogen) atoms. The van der Waals surface area contributed by atoms with E-state index in [4.69, 9.17) is 0 Å². The monoisotopic (exact) mass is 389 g/mol. The molecular formula is C13H12F5NO5S. The fourth-order valence-corrected chi connectivity index (χ4v) is 1.81. The zero-order chi connectivity index (χ0) is 19.4. The number of carbonyl (C=O) groups excluding carboxylic acids is 2. The molecule has 140 valence electrons. The average molecular weight is 389 g/mol. The summed E-state index contributed by atoms with van der Waals surface area (Å²) in [5.74, 6) is -5.67. The Labute approximate surface area is 139 Å². The van der Waals surface area contributed by atoms with Crippen LogP contribution in [0.4, 0.5) is 22.1 Å². The van der Waals surface area contributed by atoms with E-state index in [0.717, 1.165) is 0 Å². The summed E-state index contributed by atoms with van der Waals surface area (Å²) in [6.07, 6.45) is -4.45. The largest absolute Gasteiger partial charge is 0.309 e. The lowest BCUT2D eigenvalue weighted by Crippen LogP contribution is -2.36. The summed E-state index contributed by atoms with van der Waals surface area (Å²) in [6, 6.07) is 5.84. The quantitative estimate of drug-likeness (QED) is 0.571. The van der Waals surface area contributed by atoms with Gasteiger partial charge in [-0.15, -0.1) is 0 Å². The van der Waals surface area contributed by atoms with Crippen LogP contribution in [0.25, 0.3) is 0 Å². The van der Waals surface area contributed by atoms with Gasteiger partial charge in [-0.05, 0) is 16.7 Å². The smallest absolute Gasteiger partial charge is 0.274 e. The molecule has 0 aromatic heterocycles. The second-order valence-electron chi connectivity index (χ2n) is 4.89. The van der Waals surface area contributed by atoms with Crippen molar-refractivity contribution in [2.75, 3.05) is 12.8 Å². The summed E-state index contributed by atoms with van der Waals surface area (Å²) in [5, 5.41) is 0. The number of halogens is 5. The number of benzene rings is 1. The van der Waals surface area contributed by atoms with Gasteiger partial charge in [-0.3, -0.25) is 14.5 Å². The summed E-state index contributed by atoms with van der Waals surface area (Å²) in [6.45, 7) is -0.732. The van der Waals surface area contributed by atoms with E-state index in [1.807, 2.05) is 0 Å². The maximum absolute atomic E-state index is 12.8. The number of fused-ring (bicyclic) bond motifs is 1. The highest BCUT2D eigenvalue weighted by Crippen LogP contribution is 2.29.